The van der Waals surface area contributed by atoms with E-state index in [4.69, 9.17) is 19.4 Å². The maximum atomic E-state index is 10.5. The topological polar surface area (TPSA) is 58.6 Å². The third-order valence-electron chi connectivity index (χ3n) is 4.18. The van der Waals surface area contributed by atoms with Crippen LogP contribution in [-0.2, 0) is 15.7 Å². The minimum atomic E-state index is -5.19. The quantitative estimate of drug-likeness (QED) is 0.364. The van der Waals surface area contributed by atoms with Crippen molar-refractivity contribution >= 4 is 16.9 Å². The Hall–Kier alpha value is -3.13. The lowest BCUT2D eigenvalue weighted by Crippen LogP contribution is -2.37. The first-order valence-corrected chi connectivity index (χ1v) is 12.4. The Labute approximate surface area is 213 Å². The summed E-state index contributed by atoms with van der Waals surface area (Å²) in [5.74, 6) is -1.22. The number of hydrogen-bond acceptors (Lipinski definition) is 4. The van der Waals surface area contributed by atoms with Gasteiger partial charge >= 0.3 is 6.18 Å². The molecule has 0 saturated heterocycles. The van der Waals surface area contributed by atoms with Gasteiger partial charge in [0.2, 0.25) is 0 Å². The first kappa shape index (κ1) is 29.1. The molecule has 0 unspecified atom stereocenters. The number of rotatable bonds is 5. The SMILES string of the molecule is CC(C)(C)Oc1ccc([S+](c2ccccc2)c2ccc(OC(C)(C)C)cc2)cc1.O=C([O-])C(F)(F)F. The largest absolute Gasteiger partial charge is 0.542 e. The molecule has 0 atom stereocenters. The lowest BCUT2D eigenvalue weighted by Gasteiger charge is -2.21. The van der Waals surface area contributed by atoms with E-state index in [0.717, 1.165) is 11.5 Å². The average Bonchev–Trinajstić information content (AvgIpc) is 2.75. The first-order valence-electron chi connectivity index (χ1n) is 11.2. The molecule has 0 spiro atoms. The fraction of sp³-hybridized carbons (Fsp3) is 0.321. The fourth-order valence-corrected chi connectivity index (χ4v) is 5.02. The van der Waals surface area contributed by atoms with Crippen LogP contribution in [0.5, 0.6) is 11.5 Å². The van der Waals surface area contributed by atoms with Crippen LogP contribution in [0, 0.1) is 0 Å². The summed E-state index contributed by atoms with van der Waals surface area (Å²) in [5, 5.41) is 8.78. The Bertz CT molecular complexity index is 1040. The lowest BCUT2D eigenvalue weighted by atomic mass is 10.2. The number of carboxylic acid groups (broad SMARTS) is 1. The van der Waals surface area contributed by atoms with Crippen molar-refractivity contribution in [3.63, 3.8) is 0 Å². The summed E-state index contributed by atoms with van der Waals surface area (Å²) in [4.78, 5) is 12.6. The molecule has 8 heteroatoms. The Kier molecular flexibility index (Phi) is 9.49. The summed E-state index contributed by atoms with van der Waals surface area (Å²) in [6.45, 7) is 12.4. The molecule has 3 aromatic rings. The van der Waals surface area contributed by atoms with E-state index in [-0.39, 0.29) is 22.1 Å². The fourth-order valence-electron chi connectivity index (χ4n) is 2.96. The number of carbonyl (C=O) groups is 1. The van der Waals surface area contributed by atoms with Crippen molar-refractivity contribution in [1.29, 1.82) is 0 Å². The molecule has 194 valence electrons. The zero-order valence-corrected chi connectivity index (χ0v) is 22.0. The van der Waals surface area contributed by atoms with E-state index in [9.17, 15) is 13.2 Å². The third kappa shape index (κ3) is 9.85. The monoisotopic (exact) mass is 520 g/mol. The van der Waals surface area contributed by atoms with Gasteiger partial charge in [-0.2, -0.15) is 13.2 Å². The highest BCUT2D eigenvalue weighted by Crippen LogP contribution is 2.33. The molecule has 0 aliphatic heterocycles. The molecule has 4 nitrogen and oxygen atoms in total. The maximum Gasteiger partial charge on any atom is 0.430 e. The van der Waals surface area contributed by atoms with Gasteiger partial charge < -0.3 is 19.4 Å². The minimum Gasteiger partial charge on any atom is -0.542 e. The molecule has 0 amide bonds. The van der Waals surface area contributed by atoms with Gasteiger partial charge in [-0.05, 0) is 102 Å². The summed E-state index contributed by atoms with van der Waals surface area (Å²) >= 11 is 0. The van der Waals surface area contributed by atoms with Crippen molar-refractivity contribution < 1.29 is 32.5 Å². The van der Waals surface area contributed by atoms with Crippen molar-refractivity contribution in [3.8, 4) is 11.5 Å². The smallest absolute Gasteiger partial charge is 0.430 e. The second-order valence-electron chi connectivity index (χ2n) is 9.78. The number of carbonyl (C=O) groups excluding carboxylic acids is 1. The van der Waals surface area contributed by atoms with Crippen LogP contribution in [-0.4, -0.2) is 23.3 Å². The zero-order valence-electron chi connectivity index (χ0n) is 21.2. The summed E-state index contributed by atoms with van der Waals surface area (Å²) in [6.07, 6.45) is -5.19. The van der Waals surface area contributed by atoms with Crippen molar-refractivity contribution in [1.82, 2.24) is 0 Å². The van der Waals surface area contributed by atoms with Crippen molar-refractivity contribution in [3.05, 3.63) is 78.9 Å². The van der Waals surface area contributed by atoms with Gasteiger partial charge in [0.05, 0.1) is 10.9 Å². The number of ether oxygens (including phenoxy) is 2. The van der Waals surface area contributed by atoms with E-state index in [1.807, 2.05) is 0 Å². The molecule has 0 bridgehead atoms. The van der Waals surface area contributed by atoms with Crippen molar-refractivity contribution in [2.75, 3.05) is 0 Å². The van der Waals surface area contributed by atoms with Crippen LogP contribution in [0.4, 0.5) is 13.2 Å². The van der Waals surface area contributed by atoms with Crippen LogP contribution in [0.1, 0.15) is 41.5 Å². The highest BCUT2D eigenvalue weighted by Gasteiger charge is 2.29. The van der Waals surface area contributed by atoms with Gasteiger partial charge in [-0.25, -0.2) is 0 Å². The molecule has 36 heavy (non-hydrogen) atoms. The van der Waals surface area contributed by atoms with Gasteiger partial charge in [-0.15, -0.1) is 0 Å². The Balaban J connectivity index is 0.000000572. The third-order valence-corrected chi connectivity index (χ3v) is 6.41. The van der Waals surface area contributed by atoms with Crippen molar-refractivity contribution in [2.24, 2.45) is 0 Å². The minimum absolute atomic E-state index is 0.189. The van der Waals surface area contributed by atoms with Gasteiger partial charge in [0, 0.05) is 0 Å². The van der Waals surface area contributed by atoms with Gasteiger partial charge in [-0.3, -0.25) is 0 Å². The highest BCUT2D eigenvalue weighted by atomic mass is 32.2. The van der Waals surface area contributed by atoms with Gasteiger partial charge in [0.25, 0.3) is 0 Å². The molecular formula is C28H31F3O4S. The van der Waals surface area contributed by atoms with Crippen LogP contribution < -0.4 is 14.6 Å². The van der Waals surface area contributed by atoms with Gasteiger partial charge in [0.15, 0.2) is 14.7 Å². The molecule has 0 radical (unpaired) electrons. The van der Waals surface area contributed by atoms with Crippen LogP contribution in [0.25, 0.3) is 0 Å². The molecule has 0 aromatic heterocycles. The van der Waals surface area contributed by atoms with Crippen molar-refractivity contribution in [2.45, 2.75) is 73.6 Å². The molecule has 0 aliphatic carbocycles. The van der Waals surface area contributed by atoms with Crippen LogP contribution >= 0.6 is 0 Å². The summed E-state index contributed by atoms with van der Waals surface area (Å²) < 4.78 is 43.5. The number of benzene rings is 3. The average molecular weight is 521 g/mol. The van der Waals surface area contributed by atoms with E-state index < -0.39 is 12.1 Å². The summed E-state index contributed by atoms with van der Waals surface area (Å²) in [5.41, 5.74) is -0.406. The molecule has 0 fully saturated rings. The zero-order chi connectivity index (χ0) is 27.1. The predicted octanol–water partition coefficient (Wildman–Crippen LogP) is 6.44. The summed E-state index contributed by atoms with van der Waals surface area (Å²) in [7, 11) is -0.189. The van der Waals surface area contributed by atoms with E-state index in [1.54, 1.807) is 0 Å². The molecule has 3 rings (SSSR count). The molecule has 3 aromatic carbocycles. The molecule has 0 heterocycles. The van der Waals surface area contributed by atoms with Crippen LogP contribution in [0.3, 0.4) is 0 Å². The second-order valence-corrected chi connectivity index (χ2v) is 11.8. The Morgan fingerprint density at radius 2 is 0.944 bits per heavy atom. The van der Waals surface area contributed by atoms with Crippen LogP contribution in [0.15, 0.2) is 93.5 Å². The number of hydrogen-bond donors (Lipinski definition) is 0. The van der Waals surface area contributed by atoms with Gasteiger partial charge in [-0.1, -0.05) is 18.2 Å². The van der Waals surface area contributed by atoms with Gasteiger partial charge in [0.1, 0.15) is 28.7 Å². The molecule has 0 aliphatic rings. The number of aliphatic carboxylic acids is 1. The van der Waals surface area contributed by atoms with E-state index in [1.165, 1.54) is 14.7 Å². The Morgan fingerprint density at radius 1 is 0.639 bits per heavy atom. The van der Waals surface area contributed by atoms with E-state index in [2.05, 4.69) is 120 Å². The number of alkyl halides is 3. The number of carboxylic acids is 1. The maximum absolute atomic E-state index is 10.5. The van der Waals surface area contributed by atoms with Crippen LogP contribution in [0.2, 0.25) is 0 Å². The van der Waals surface area contributed by atoms with E-state index >= 15 is 0 Å². The lowest BCUT2D eigenvalue weighted by molar-refractivity contribution is -0.344. The highest BCUT2D eigenvalue weighted by molar-refractivity contribution is 7.97. The molecule has 0 N–H and O–H groups in total. The predicted molar refractivity (Wildman–Crippen MR) is 133 cm³/mol. The van der Waals surface area contributed by atoms with E-state index in [0.29, 0.717) is 0 Å². The second kappa shape index (κ2) is 11.7. The Morgan fingerprint density at radius 3 is 1.22 bits per heavy atom. The standard InChI is InChI=1S/C26H31O2S.C2HF3O2/c1-25(2,3)27-20-12-16-23(17-13-20)29(22-10-8-7-9-11-22)24-18-14-21(15-19-24)28-26(4,5)6;3-2(4,5)1(6)7/h7-19H,1-6H3;(H,6,7)/q+1;/p-1. The molecule has 0 saturated carbocycles. The first-order chi connectivity index (χ1) is 16.5. The molecular weight excluding hydrogens is 489 g/mol. The number of halogens is 3. The summed E-state index contributed by atoms with van der Waals surface area (Å²) in [6, 6.07) is 27.6. The normalized spacial score (nSPS) is 11.9.